The van der Waals surface area contributed by atoms with E-state index in [0.29, 0.717) is 6.04 Å². The molecule has 0 heterocycles. The van der Waals surface area contributed by atoms with Crippen molar-refractivity contribution in [1.82, 2.24) is 5.32 Å². The zero-order valence-electron chi connectivity index (χ0n) is 14.1. The molecule has 0 amide bonds. The highest BCUT2D eigenvalue weighted by atomic mass is 16.5. The average molecular weight is 289 g/mol. The molecule has 2 nitrogen and oxygen atoms in total. The van der Waals surface area contributed by atoms with Gasteiger partial charge in [0.15, 0.2) is 0 Å². The first-order valence-electron chi connectivity index (χ1n) is 8.55. The van der Waals surface area contributed by atoms with Crippen molar-refractivity contribution in [3.63, 3.8) is 0 Å². The van der Waals surface area contributed by atoms with Crippen LogP contribution in [0.3, 0.4) is 0 Å². The second kappa shape index (κ2) is 7.42. The normalized spacial score (nSPS) is 27.5. The monoisotopic (exact) mass is 289 g/mol. The second-order valence-electron chi connectivity index (χ2n) is 6.53. The minimum atomic E-state index is -0.0383. The van der Waals surface area contributed by atoms with Crippen LogP contribution in [0.4, 0.5) is 0 Å². The summed E-state index contributed by atoms with van der Waals surface area (Å²) in [5.74, 6) is 0.831. The molecule has 1 N–H and O–H groups in total. The minimum Gasteiger partial charge on any atom is -0.373 e. The fourth-order valence-corrected chi connectivity index (χ4v) is 3.75. The van der Waals surface area contributed by atoms with Crippen LogP contribution in [0.5, 0.6) is 0 Å². The van der Waals surface area contributed by atoms with Crippen LogP contribution in [0.2, 0.25) is 0 Å². The predicted octanol–water partition coefficient (Wildman–Crippen LogP) is 4.63. The van der Waals surface area contributed by atoms with E-state index in [0.717, 1.165) is 31.9 Å². The number of hydrogen-bond donors (Lipinski definition) is 1. The molecule has 0 bridgehead atoms. The van der Waals surface area contributed by atoms with Crippen LogP contribution < -0.4 is 5.32 Å². The third kappa shape index (κ3) is 3.67. The summed E-state index contributed by atoms with van der Waals surface area (Å²) in [6.45, 7) is 10.7. The Morgan fingerprint density at radius 1 is 1.24 bits per heavy atom. The van der Waals surface area contributed by atoms with Crippen molar-refractivity contribution in [1.29, 1.82) is 0 Å². The molecule has 2 heteroatoms. The lowest BCUT2D eigenvalue weighted by molar-refractivity contribution is -0.0974. The number of rotatable bonds is 6. The van der Waals surface area contributed by atoms with Gasteiger partial charge in [-0.2, -0.15) is 0 Å². The summed E-state index contributed by atoms with van der Waals surface area (Å²) < 4.78 is 6.38. The summed E-state index contributed by atoms with van der Waals surface area (Å²) in [6.07, 6.45) is 4.86. The SMILES string of the molecule is CCNC(c1ccccc1C)C1(OCC)CCC(C)CC1. The maximum absolute atomic E-state index is 6.38. The summed E-state index contributed by atoms with van der Waals surface area (Å²) >= 11 is 0. The summed E-state index contributed by atoms with van der Waals surface area (Å²) in [5.41, 5.74) is 2.73. The Balaban J connectivity index is 2.35. The van der Waals surface area contributed by atoms with Crippen molar-refractivity contribution in [2.24, 2.45) is 5.92 Å². The molecule has 1 unspecified atom stereocenters. The van der Waals surface area contributed by atoms with Crippen LogP contribution in [0, 0.1) is 12.8 Å². The number of aryl methyl sites for hydroxylation is 1. The molecule has 118 valence electrons. The van der Waals surface area contributed by atoms with Crippen LogP contribution >= 0.6 is 0 Å². The first-order valence-corrected chi connectivity index (χ1v) is 8.55. The molecule has 1 aliphatic rings. The van der Waals surface area contributed by atoms with E-state index in [1.54, 1.807) is 0 Å². The maximum Gasteiger partial charge on any atom is 0.0876 e. The lowest BCUT2D eigenvalue weighted by atomic mass is 9.72. The molecule has 0 radical (unpaired) electrons. The topological polar surface area (TPSA) is 21.3 Å². The van der Waals surface area contributed by atoms with Gasteiger partial charge in [0.1, 0.15) is 0 Å². The summed E-state index contributed by atoms with van der Waals surface area (Å²) in [7, 11) is 0. The van der Waals surface area contributed by atoms with E-state index in [1.807, 2.05) is 0 Å². The van der Waals surface area contributed by atoms with Gasteiger partial charge in [-0.3, -0.25) is 0 Å². The lowest BCUT2D eigenvalue weighted by Crippen LogP contribution is -2.48. The Hall–Kier alpha value is -0.860. The molecule has 0 spiro atoms. The van der Waals surface area contributed by atoms with Crippen molar-refractivity contribution in [3.8, 4) is 0 Å². The van der Waals surface area contributed by atoms with Crippen LogP contribution in [-0.4, -0.2) is 18.8 Å². The molecule has 1 atom stereocenters. The number of likely N-dealkylation sites (N-methyl/N-ethyl adjacent to an activating group) is 1. The molecule has 0 saturated heterocycles. The highest BCUT2D eigenvalue weighted by Crippen LogP contribution is 2.43. The van der Waals surface area contributed by atoms with E-state index in [-0.39, 0.29) is 5.60 Å². The van der Waals surface area contributed by atoms with Crippen LogP contribution in [-0.2, 0) is 4.74 Å². The molecule has 21 heavy (non-hydrogen) atoms. The van der Waals surface area contributed by atoms with E-state index in [9.17, 15) is 0 Å². The molecule has 1 aromatic rings. The van der Waals surface area contributed by atoms with Gasteiger partial charge in [0, 0.05) is 6.61 Å². The van der Waals surface area contributed by atoms with E-state index in [1.165, 1.54) is 24.0 Å². The Labute approximate surface area is 130 Å². The number of nitrogens with one attached hydrogen (secondary N) is 1. The van der Waals surface area contributed by atoms with Gasteiger partial charge < -0.3 is 10.1 Å². The van der Waals surface area contributed by atoms with Crippen molar-refractivity contribution < 1.29 is 4.74 Å². The lowest BCUT2D eigenvalue weighted by Gasteiger charge is -2.45. The Kier molecular flexibility index (Phi) is 5.83. The first kappa shape index (κ1) is 16.5. The Morgan fingerprint density at radius 3 is 2.48 bits per heavy atom. The van der Waals surface area contributed by atoms with Gasteiger partial charge in [-0.05, 0) is 63.1 Å². The average Bonchev–Trinajstić information content (AvgIpc) is 2.49. The fourth-order valence-electron chi connectivity index (χ4n) is 3.75. The van der Waals surface area contributed by atoms with Gasteiger partial charge in [-0.15, -0.1) is 0 Å². The zero-order valence-corrected chi connectivity index (χ0v) is 14.1. The summed E-state index contributed by atoms with van der Waals surface area (Å²) in [6, 6.07) is 9.05. The summed E-state index contributed by atoms with van der Waals surface area (Å²) in [4.78, 5) is 0. The van der Waals surface area contributed by atoms with Crippen molar-refractivity contribution >= 4 is 0 Å². The number of benzene rings is 1. The third-order valence-electron chi connectivity index (χ3n) is 4.99. The smallest absolute Gasteiger partial charge is 0.0876 e. The highest BCUT2D eigenvalue weighted by molar-refractivity contribution is 5.31. The molecular formula is C19H31NO. The first-order chi connectivity index (χ1) is 10.1. The third-order valence-corrected chi connectivity index (χ3v) is 4.99. The van der Waals surface area contributed by atoms with Gasteiger partial charge in [0.05, 0.1) is 11.6 Å². The van der Waals surface area contributed by atoms with Crippen LogP contribution in [0.1, 0.15) is 63.6 Å². The van der Waals surface area contributed by atoms with Crippen molar-refractivity contribution in [2.45, 2.75) is 65.0 Å². The molecule has 1 aliphatic carbocycles. The molecular weight excluding hydrogens is 258 g/mol. The molecule has 2 rings (SSSR count). The van der Waals surface area contributed by atoms with Gasteiger partial charge in [0.2, 0.25) is 0 Å². The fraction of sp³-hybridized carbons (Fsp3) is 0.684. The van der Waals surface area contributed by atoms with Gasteiger partial charge >= 0.3 is 0 Å². The predicted molar refractivity (Wildman–Crippen MR) is 89.6 cm³/mol. The highest BCUT2D eigenvalue weighted by Gasteiger charge is 2.42. The van der Waals surface area contributed by atoms with Gasteiger partial charge in [0.25, 0.3) is 0 Å². The van der Waals surface area contributed by atoms with Gasteiger partial charge in [-0.1, -0.05) is 38.1 Å². The molecule has 1 saturated carbocycles. The Bertz CT molecular complexity index is 435. The molecule has 1 aromatic carbocycles. The minimum absolute atomic E-state index is 0.0383. The van der Waals surface area contributed by atoms with E-state index >= 15 is 0 Å². The molecule has 0 aliphatic heterocycles. The standard InChI is InChI=1S/C19H31NO/c1-5-20-18(17-10-8-7-9-16(17)4)19(21-6-2)13-11-15(3)12-14-19/h7-10,15,18,20H,5-6,11-14H2,1-4H3. The van der Waals surface area contributed by atoms with Gasteiger partial charge in [-0.25, -0.2) is 0 Å². The van der Waals surface area contributed by atoms with Crippen molar-refractivity contribution in [3.05, 3.63) is 35.4 Å². The van der Waals surface area contributed by atoms with Crippen LogP contribution in [0.25, 0.3) is 0 Å². The Morgan fingerprint density at radius 2 is 1.90 bits per heavy atom. The van der Waals surface area contributed by atoms with E-state index in [2.05, 4.69) is 57.3 Å². The molecule has 0 aromatic heterocycles. The zero-order chi connectivity index (χ0) is 15.3. The number of ether oxygens (including phenoxy) is 1. The summed E-state index contributed by atoms with van der Waals surface area (Å²) in [5, 5.41) is 3.72. The molecule has 1 fully saturated rings. The van der Waals surface area contributed by atoms with E-state index < -0.39 is 0 Å². The quantitative estimate of drug-likeness (QED) is 0.824. The van der Waals surface area contributed by atoms with E-state index in [4.69, 9.17) is 4.74 Å². The number of hydrogen-bond acceptors (Lipinski definition) is 2. The largest absolute Gasteiger partial charge is 0.373 e. The van der Waals surface area contributed by atoms with Crippen molar-refractivity contribution in [2.75, 3.05) is 13.2 Å². The van der Waals surface area contributed by atoms with Crippen LogP contribution in [0.15, 0.2) is 24.3 Å². The second-order valence-corrected chi connectivity index (χ2v) is 6.53. The maximum atomic E-state index is 6.38.